The van der Waals surface area contributed by atoms with Crippen molar-refractivity contribution in [2.75, 3.05) is 25.5 Å². The zero-order valence-corrected chi connectivity index (χ0v) is 14.9. The minimum Gasteiger partial charge on any atom is -0.345 e. The monoisotopic (exact) mass is 344 g/mol. The highest BCUT2D eigenvalue weighted by molar-refractivity contribution is 6.09. The molecule has 3 aromatic carbocycles. The number of rotatable bonds is 2. The summed E-state index contributed by atoms with van der Waals surface area (Å²) in [7, 11) is 3.48. The molecule has 0 bridgehead atoms. The van der Waals surface area contributed by atoms with Crippen molar-refractivity contribution in [3.05, 3.63) is 77.4 Å². The van der Waals surface area contributed by atoms with E-state index >= 15 is 0 Å². The van der Waals surface area contributed by atoms with Gasteiger partial charge in [0.25, 0.3) is 11.8 Å². The summed E-state index contributed by atoms with van der Waals surface area (Å²) in [5.41, 5.74) is 3.30. The molecule has 26 heavy (non-hydrogen) atoms. The highest BCUT2D eigenvalue weighted by Crippen LogP contribution is 2.31. The third-order valence-corrected chi connectivity index (χ3v) is 4.87. The van der Waals surface area contributed by atoms with Crippen molar-refractivity contribution >= 4 is 28.3 Å². The van der Waals surface area contributed by atoms with Gasteiger partial charge in [0.15, 0.2) is 0 Å². The molecular formula is C22H20N2O2. The fourth-order valence-corrected chi connectivity index (χ4v) is 3.48. The summed E-state index contributed by atoms with van der Waals surface area (Å²) in [5.74, 6) is -0.0201. The number of benzene rings is 3. The molecule has 0 atom stereocenters. The van der Waals surface area contributed by atoms with Gasteiger partial charge in [-0.2, -0.15) is 0 Å². The molecule has 0 spiro atoms. The third-order valence-electron chi connectivity index (χ3n) is 4.87. The van der Waals surface area contributed by atoms with Gasteiger partial charge in [-0.3, -0.25) is 9.59 Å². The second-order valence-electron chi connectivity index (χ2n) is 6.81. The van der Waals surface area contributed by atoms with Gasteiger partial charge in [-0.25, -0.2) is 0 Å². The van der Waals surface area contributed by atoms with Crippen LogP contribution in [0.25, 0.3) is 10.8 Å². The summed E-state index contributed by atoms with van der Waals surface area (Å²) in [5, 5.41) is 2.18. The van der Waals surface area contributed by atoms with Crippen molar-refractivity contribution < 1.29 is 9.59 Å². The Balaban J connectivity index is 1.65. The topological polar surface area (TPSA) is 40.6 Å². The Morgan fingerprint density at radius 3 is 2.38 bits per heavy atom. The molecular weight excluding hydrogens is 324 g/mol. The predicted molar refractivity (Wildman–Crippen MR) is 104 cm³/mol. The van der Waals surface area contributed by atoms with Crippen LogP contribution in [0.4, 0.5) is 5.69 Å². The van der Waals surface area contributed by atoms with E-state index in [1.54, 1.807) is 25.1 Å². The van der Waals surface area contributed by atoms with E-state index in [-0.39, 0.29) is 11.8 Å². The van der Waals surface area contributed by atoms with E-state index in [2.05, 4.69) is 0 Å². The van der Waals surface area contributed by atoms with Gasteiger partial charge >= 0.3 is 0 Å². The van der Waals surface area contributed by atoms with Crippen LogP contribution in [0.1, 0.15) is 26.3 Å². The van der Waals surface area contributed by atoms with Crippen LogP contribution in [0.3, 0.4) is 0 Å². The van der Waals surface area contributed by atoms with Crippen LogP contribution in [0.2, 0.25) is 0 Å². The van der Waals surface area contributed by atoms with Crippen molar-refractivity contribution in [1.82, 2.24) is 4.90 Å². The Bertz CT molecular complexity index is 1020. The molecule has 0 aromatic heterocycles. The Kier molecular flexibility index (Phi) is 3.96. The minimum atomic E-state index is -0.0212. The first-order chi connectivity index (χ1) is 12.5. The molecule has 1 aliphatic heterocycles. The number of amides is 2. The van der Waals surface area contributed by atoms with E-state index in [9.17, 15) is 9.59 Å². The van der Waals surface area contributed by atoms with E-state index in [1.807, 2.05) is 59.5 Å². The molecule has 0 fully saturated rings. The largest absolute Gasteiger partial charge is 0.345 e. The third kappa shape index (κ3) is 2.73. The van der Waals surface area contributed by atoms with Crippen molar-refractivity contribution in [2.24, 2.45) is 0 Å². The molecule has 2 amide bonds. The molecule has 0 aliphatic carbocycles. The molecule has 4 nitrogen and oxygen atoms in total. The van der Waals surface area contributed by atoms with Crippen molar-refractivity contribution in [3.63, 3.8) is 0 Å². The fourth-order valence-electron chi connectivity index (χ4n) is 3.48. The van der Waals surface area contributed by atoms with Crippen LogP contribution in [0.15, 0.2) is 60.7 Å². The Morgan fingerprint density at radius 1 is 0.885 bits per heavy atom. The molecule has 4 rings (SSSR count). The Labute approximate surface area is 152 Å². The minimum absolute atomic E-state index is 0.00110. The lowest BCUT2D eigenvalue weighted by Gasteiger charge is -2.18. The fraction of sp³-hybridized carbons (Fsp3) is 0.182. The van der Waals surface area contributed by atoms with Gasteiger partial charge in [-0.05, 0) is 53.1 Å². The van der Waals surface area contributed by atoms with Crippen molar-refractivity contribution in [1.29, 1.82) is 0 Å². The van der Waals surface area contributed by atoms with E-state index in [1.165, 1.54) is 0 Å². The lowest BCUT2D eigenvalue weighted by atomic mass is 10.1. The number of fused-ring (bicyclic) bond motifs is 2. The average Bonchev–Trinajstić information content (AvgIpc) is 3.09. The Hall–Kier alpha value is -3.14. The van der Waals surface area contributed by atoms with E-state index in [4.69, 9.17) is 0 Å². The maximum atomic E-state index is 13.0. The molecule has 1 heterocycles. The quantitative estimate of drug-likeness (QED) is 0.710. The molecule has 1 aliphatic rings. The lowest BCUT2D eigenvalue weighted by Crippen LogP contribution is -2.28. The molecule has 0 radical (unpaired) electrons. The number of nitrogens with zero attached hydrogens (tertiary/aromatic N) is 2. The Morgan fingerprint density at radius 2 is 1.62 bits per heavy atom. The van der Waals surface area contributed by atoms with Gasteiger partial charge in [0.05, 0.1) is 0 Å². The first kappa shape index (κ1) is 16.3. The smallest absolute Gasteiger partial charge is 0.258 e. The van der Waals surface area contributed by atoms with Crippen LogP contribution in [-0.4, -0.2) is 37.4 Å². The van der Waals surface area contributed by atoms with E-state index in [0.717, 1.165) is 28.4 Å². The second kappa shape index (κ2) is 6.30. The SMILES string of the molecule is CN(C)C(=O)c1ccc2c(c1)CCN2C(=O)c1ccc2ccccc2c1. The average molecular weight is 344 g/mol. The molecule has 0 saturated heterocycles. The first-order valence-corrected chi connectivity index (χ1v) is 8.70. The maximum Gasteiger partial charge on any atom is 0.258 e. The van der Waals surface area contributed by atoms with Gasteiger partial charge in [0.2, 0.25) is 0 Å². The van der Waals surface area contributed by atoms with Crippen molar-refractivity contribution in [2.45, 2.75) is 6.42 Å². The van der Waals surface area contributed by atoms with Gasteiger partial charge in [0, 0.05) is 37.5 Å². The van der Waals surface area contributed by atoms with Crippen molar-refractivity contribution in [3.8, 4) is 0 Å². The summed E-state index contributed by atoms with van der Waals surface area (Å²) < 4.78 is 0. The van der Waals surface area contributed by atoms with E-state index in [0.29, 0.717) is 17.7 Å². The molecule has 3 aromatic rings. The predicted octanol–water partition coefficient (Wildman–Crippen LogP) is 3.74. The molecule has 4 heteroatoms. The van der Waals surface area contributed by atoms with Crippen LogP contribution < -0.4 is 4.90 Å². The van der Waals surface area contributed by atoms with Gasteiger partial charge in [-0.15, -0.1) is 0 Å². The van der Waals surface area contributed by atoms with Crippen LogP contribution >= 0.6 is 0 Å². The number of carbonyl (C=O) groups is 2. The summed E-state index contributed by atoms with van der Waals surface area (Å²) >= 11 is 0. The number of hydrogen-bond acceptors (Lipinski definition) is 2. The number of carbonyl (C=O) groups excluding carboxylic acids is 2. The molecule has 0 unspecified atom stereocenters. The normalized spacial score (nSPS) is 12.9. The van der Waals surface area contributed by atoms with E-state index < -0.39 is 0 Å². The zero-order chi connectivity index (χ0) is 18.3. The molecule has 130 valence electrons. The summed E-state index contributed by atoms with van der Waals surface area (Å²) in [6.07, 6.45) is 0.767. The van der Waals surface area contributed by atoms with Crippen LogP contribution in [-0.2, 0) is 6.42 Å². The standard InChI is InChI=1S/C22H20N2O2/c1-23(2)21(25)18-9-10-20-17(14-18)11-12-24(20)22(26)19-8-7-15-5-3-4-6-16(15)13-19/h3-10,13-14H,11-12H2,1-2H3. The summed E-state index contributed by atoms with van der Waals surface area (Å²) in [6, 6.07) is 19.4. The second-order valence-corrected chi connectivity index (χ2v) is 6.81. The van der Waals surface area contributed by atoms with Crippen LogP contribution in [0, 0.1) is 0 Å². The van der Waals surface area contributed by atoms with Gasteiger partial charge in [-0.1, -0.05) is 30.3 Å². The highest BCUT2D eigenvalue weighted by atomic mass is 16.2. The lowest BCUT2D eigenvalue weighted by molar-refractivity contribution is 0.0827. The zero-order valence-electron chi connectivity index (χ0n) is 14.9. The van der Waals surface area contributed by atoms with Gasteiger partial charge < -0.3 is 9.80 Å². The highest BCUT2D eigenvalue weighted by Gasteiger charge is 2.26. The maximum absolute atomic E-state index is 13.0. The first-order valence-electron chi connectivity index (χ1n) is 8.70. The molecule has 0 N–H and O–H groups in total. The summed E-state index contributed by atoms with van der Waals surface area (Å²) in [6.45, 7) is 0.639. The summed E-state index contributed by atoms with van der Waals surface area (Å²) in [4.78, 5) is 28.6. The number of hydrogen-bond donors (Lipinski definition) is 0. The van der Waals surface area contributed by atoms with Crippen LogP contribution in [0.5, 0.6) is 0 Å². The van der Waals surface area contributed by atoms with Gasteiger partial charge in [0.1, 0.15) is 0 Å². The molecule has 0 saturated carbocycles. The number of anilines is 1.